The molecule has 5 rings (SSSR count). The molecule has 3 heterocycles. The fraction of sp³-hybridized carbons (Fsp3) is 0.0833. The minimum absolute atomic E-state index is 0.0189. The van der Waals surface area contributed by atoms with Crippen molar-refractivity contribution in [2.75, 3.05) is 18.9 Å². The average Bonchev–Trinajstić information content (AvgIpc) is 3.40. The second kappa shape index (κ2) is 9.35. The predicted molar refractivity (Wildman–Crippen MR) is 131 cm³/mol. The number of rotatable bonds is 7. The van der Waals surface area contributed by atoms with Crippen molar-refractivity contribution in [1.29, 1.82) is 0 Å². The van der Waals surface area contributed by atoms with Gasteiger partial charge in [-0.15, -0.1) is 0 Å². The Labute approximate surface area is 209 Å². The summed E-state index contributed by atoms with van der Waals surface area (Å²) in [5, 5.41) is 3.95. The molecule has 0 saturated carbocycles. The number of halogens is 1. The van der Waals surface area contributed by atoms with Crippen LogP contribution < -0.4 is 19.8 Å². The summed E-state index contributed by atoms with van der Waals surface area (Å²) < 4.78 is 59.6. The van der Waals surface area contributed by atoms with Crippen LogP contribution in [0.25, 0.3) is 28.0 Å². The standard InChI is InChI=1S/C24H18FN5O6S/c1-34-20-12-16(24-26-9-7-22(27-24)35-2)17(25)13-19(20)30-18-5-4-15(11-14(18)3-6-23(30)31)37(32,33)29-21-8-10-36-28-21/h3-13H,1-2H3,(H,28,29). The maximum absolute atomic E-state index is 15.3. The van der Waals surface area contributed by atoms with E-state index >= 15 is 4.39 Å². The molecule has 0 aliphatic carbocycles. The van der Waals surface area contributed by atoms with E-state index in [1.807, 2.05) is 0 Å². The van der Waals surface area contributed by atoms with Crippen molar-refractivity contribution >= 4 is 26.7 Å². The van der Waals surface area contributed by atoms with Crippen LogP contribution in [-0.4, -0.2) is 42.3 Å². The number of methoxy groups -OCH3 is 2. The lowest BCUT2D eigenvalue weighted by Crippen LogP contribution is -2.19. The normalized spacial score (nSPS) is 11.4. The zero-order valence-corrected chi connectivity index (χ0v) is 20.2. The molecule has 37 heavy (non-hydrogen) atoms. The first-order valence-electron chi connectivity index (χ1n) is 10.6. The van der Waals surface area contributed by atoms with Gasteiger partial charge in [0.05, 0.1) is 35.9 Å². The Bertz CT molecular complexity index is 1790. The summed E-state index contributed by atoms with van der Waals surface area (Å²) in [7, 11) is -1.18. The van der Waals surface area contributed by atoms with Crippen LogP contribution in [-0.2, 0) is 10.0 Å². The Hall–Kier alpha value is -4.78. The van der Waals surface area contributed by atoms with Gasteiger partial charge in [-0.05, 0) is 30.3 Å². The van der Waals surface area contributed by atoms with Crippen molar-refractivity contribution in [2.45, 2.75) is 4.90 Å². The number of aromatic nitrogens is 4. The second-order valence-corrected chi connectivity index (χ2v) is 9.33. The van der Waals surface area contributed by atoms with Crippen LogP contribution >= 0.6 is 0 Å². The maximum atomic E-state index is 15.3. The molecule has 0 unspecified atom stereocenters. The molecule has 2 aromatic carbocycles. The minimum Gasteiger partial charge on any atom is -0.495 e. The van der Waals surface area contributed by atoms with Crippen LogP contribution in [0.4, 0.5) is 10.2 Å². The largest absolute Gasteiger partial charge is 0.495 e. The van der Waals surface area contributed by atoms with Gasteiger partial charge >= 0.3 is 0 Å². The molecule has 0 aliphatic rings. The molecule has 188 valence electrons. The first-order valence-corrected chi connectivity index (χ1v) is 12.1. The highest BCUT2D eigenvalue weighted by Gasteiger charge is 2.20. The number of ether oxygens (including phenoxy) is 2. The first kappa shape index (κ1) is 23.9. The van der Waals surface area contributed by atoms with E-state index in [2.05, 4.69) is 24.4 Å². The molecule has 0 bridgehead atoms. The highest BCUT2D eigenvalue weighted by Crippen LogP contribution is 2.33. The number of fused-ring (bicyclic) bond motifs is 1. The van der Waals surface area contributed by atoms with Gasteiger partial charge in [0.2, 0.25) is 5.88 Å². The van der Waals surface area contributed by atoms with Gasteiger partial charge in [-0.1, -0.05) is 5.16 Å². The van der Waals surface area contributed by atoms with Crippen molar-refractivity contribution < 1.29 is 26.8 Å². The van der Waals surface area contributed by atoms with E-state index in [-0.39, 0.29) is 39.4 Å². The Morgan fingerprint density at radius 3 is 2.59 bits per heavy atom. The monoisotopic (exact) mass is 523 g/mol. The molecule has 3 aromatic heterocycles. The minimum atomic E-state index is -3.99. The van der Waals surface area contributed by atoms with Crippen molar-refractivity contribution in [3.8, 4) is 28.7 Å². The SMILES string of the molecule is COc1ccnc(-c2cc(OC)c(-n3c(=O)ccc4cc(S(=O)(=O)Nc5ccon5)ccc43)cc2F)n1. The zero-order valence-electron chi connectivity index (χ0n) is 19.4. The summed E-state index contributed by atoms with van der Waals surface area (Å²) in [4.78, 5) is 21.1. The summed E-state index contributed by atoms with van der Waals surface area (Å²) in [5.74, 6) is -0.195. The zero-order chi connectivity index (χ0) is 26.2. The van der Waals surface area contributed by atoms with Gasteiger partial charge in [0.15, 0.2) is 11.6 Å². The van der Waals surface area contributed by atoms with Crippen molar-refractivity contribution in [3.63, 3.8) is 0 Å². The van der Waals surface area contributed by atoms with E-state index in [4.69, 9.17) is 9.47 Å². The Morgan fingerprint density at radius 2 is 1.86 bits per heavy atom. The summed E-state index contributed by atoms with van der Waals surface area (Å²) in [6.07, 6.45) is 2.66. The Morgan fingerprint density at radius 1 is 1.03 bits per heavy atom. The van der Waals surface area contributed by atoms with E-state index < -0.39 is 21.4 Å². The highest BCUT2D eigenvalue weighted by molar-refractivity contribution is 7.92. The third-order valence-corrected chi connectivity index (χ3v) is 6.79. The van der Waals surface area contributed by atoms with Crippen LogP contribution in [0.1, 0.15) is 0 Å². The molecule has 0 radical (unpaired) electrons. The lowest BCUT2D eigenvalue weighted by molar-refractivity contribution is 0.397. The van der Waals surface area contributed by atoms with Crippen molar-refractivity contribution in [3.05, 3.63) is 83.2 Å². The highest BCUT2D eigenvalue weighted by atomic mass is 32.2. The number of anilines is 1. The van der Waals surface area contributed by atoms with E-state index in [1.165, 1.54) is 79.8 Å². The van der Waals surface area contributed by atoms with Gasteiger partial charge in [-0.3, -0.25) is 14.1 Å². The number of nitrogens with one attached hydrogen (secondary N) is 1. The van der Waals surface area contributed by atoms with Crippen molar-refractivity contribution in [2.24, 2.45) is 0 Å². The number of hydrogen-bond acceptors (Lipinski definition) is 9. The Kier molecular flexibility index (Phi) is 6.05. The molecular formula is C24H18FN5O6S. The summed E-state index contributed by atoms with van der Waals surface area (Å²) in [6.45, 7) is 0. The molecule has 1 N–H and O–H groups in total. The molecule has 0 saturated heterocycles. The number of hydrogen-bond donors (Lipinski definition) is 1. The molecule has 13 heteroatoms. The van der Waals surface area contributed by atoms with Gasteiger partial charge in [0.25, 0.3) is 15.6 Å². The van der Waals surface area contributed by atoms with Gasteiger partial charge in [-0.25, -0.2) is 17.8 Å². The molecule has 5 aromatic rings. The molecule has 0 aliphatic heterocycles. The molecule has 0 amide bonds. The Balaban J connectivity index is 1.64. The van der Waals surface area contributed by atoms with Crippen LogP contribution in [0.5, 0.6) is 11.6 Å². The van der Waals surface area contributed by atoms with Crippen LogP contribution in [0.3, 0.4) is 0 Å². The molecule has 0 fully saturated rings. The molecule has 11 nitrogen and oxygen atoms in total. The smallest absolute Gasteiger partial charge is 0.263 e. The van der Waals surface area contributed by atoms with Gasteiger partial charge in [0.1, 0.15) is 17.8 Å². The number of sulfonamides is 1. The lowest BCUT2D eigenvalue weighted by Gasteiger charge is -2.16. The average molecular weight is 524 g/mol. The van der Waals surface area contributed by atoms with Gasteiger partial charge in [-0.2, -0.15) is 4.98 Å². The van der Waals surface area contributed by atoms with Crippen LogP contribution in [0.2, 0.25) is 0 Å². The van der Waals surface area contributed by atoms with E-state index in [0.717, 1.165) is 6.07 Å². The fourth-order valence-corrected chi connectivity index (χ4v) is 4.77. The molecular weight excluding hydrogens is 505 g/mol. The van der Waals surface area contributed by atoms with E-state index in [0.29, 0.717) is 10.9 Å². The first-order chi connectivity index (χ1) is 17.8. The van der Waals surface area contributed by atoms with Crippen molar-refractivity contribution in [1.82, 2.24) is 19.7 Å². The van der Waals surface area contributed by atoms with Gasteiger partial charge in [0, 0.05) is 35.8 Å². The number of nitrogens with zero attached hydrogens (tertiary/aromatic N) is 4. The topological polar surface area (TPSA) is 138 Å². The number of pyridine rings is 1. The lowest BCUT2D eigenvalue weighted by atomic mass is 10.1. The second-order valence-electron chi connectivity index (χ2n) is 7.64. The number of benzene rings is 2. The van der Waals surface area contributed by atoms with E-state index in [9.17, 15) is 13.2 Å². The predicted octanol–water partition coefficient (Wildman–Crippen LogP) is 3.39. The summed E-state index contributed by atoms with van der Waals surface area (Å²) >= 11 is 0. The summed E-state index contributed by atoms with van der Waals surface area (Å²) in [6, 6.07) is 12.3. The quantitative estimate of drug-likeness (QED) is 0.340. The van der Waals surface area contributed by atoms with Gasteiger partial charge < -0.3 is 14.0 Å². The fourth-order valence-electron chi connectivity index (χ4n) is 3.74. The summed E-state index contributed by atoms with van der Waals surface area (Å²) in [5.41, 5.74) is 0.00143. The maximum Gasteiger partial charge on any atom is 0.263 e. The third-order valence-electron chi connectivity index (χ3n) is 5.44. The third kappa shape index (κ3) is 4.47. The van der Waals surface area contributed by atoms with Crippen LogP contribution in [0.15, 0.2) is 81.3 Å². The molecule has 0 spiro atoms. The van der Waals surface area contributed by atoms with E-state index in [1.54, 1.807) is 0 Å². The van der Waals surface area contributed by atoms with Crippen LogP contribution in [0, 0.1) is 5.82 Å². The molecule has 0 atom stereocenters.